The zero-order chi connectivity index (χ0) is 14.1. The van der Waals surface area contributed by atoms with Crippen molar-refractivity contribution in [3.8, 4) is 5.75 Å². The Morgan fingerprint density at radius 1 is 0.889 bits per heavy atom. The van der Waals surface area contributed by atoms with Crippen LogP contribution in [0, 0.1) is 0 Å². The van der Waals surface area contributed by atoms with E-state index >= 15 is 0 Å². The zero-order valence-electron chi connectivity index (χ0n) is 13.2. The van der Waals surface area contributed by atoms with E-state index in [0.717, 1.165) is 5.75 Å². The molecule has 1 heteroatoms. The molecule has 1 nitrogen and oxygen atoms in total. The highest BCUT2D eigenvalue weighted by Gasteiger charge is 2.25. The van der Waals surface area contributed by atoms with Crippen molar-refractivity contribution < 1.29 is 4.74 Å². The van der Waals surface area contributed by atoms with Gasteiger partial charge in [0.15, 0.2) is 0 Å². The molecule has 0 aliphatic heterocycles. The van der Waals surface area contributed by atoms with Crippen LogP contribution in [0.2, 0.25) is 0 Å². The van der Waals surface area contributed by atoms with Crippen LogP contribution in [0.3, 0.4) is 0 Å². The summed E-state index contributed by atoms with van der Waals surface area (Å²) in [4.78, 5) is 0. The molecule has 102 valence electrons. The summed E-state index contributed by atoms with van der Waals surface area (Å²) in [5, 5.41) is 0. The minimum Gasteiger partial charge on any atom is -0.497 e. The van der Waals surface area contributed by atoms with Gasteiger partial charge in [0.05, 0.1) is 7.11 Å². The van der Waals surface area contributed by atoms with Crippen LogP contribution in [0.4, 0.5) is 0 Å². The van der Waals surface area contributed by atoms with Crippen LogP contribution in [-0.2, 0) is 5.41 Å². The molecule has 0 fully saturated rings. The maximum atomic E-state index is 5.46. The van der Waals surface area contributed by atoms with Gasteiger partial charge in [0.1, 0.15) is 5.75 Å². The molecule has 0 spiro atoms. The highest BCUT2D eigenvalue weighted by Crippen LogP contribution is 2.39. The lowest BCUT2D eigenvalue weighted by atomic mass is 9.75. The zero-order valence-corrected chi connectivity index (χ0v) is 13.2. The lowest BCUT2D eigenvalue weighted by Gasteiger charge is -2.30. The van der Waals surface area contributed by atoms with Gasteiger partial charge in [-0.2, -0.15) is 0 Å². The quantitative estimate of drug-likeness (QED) is 0.711. The van der Waals surface area contributed by atoms with Gasteiger partial charge in [-0.25, -0.2) is 0 Å². The van der Waals surface area contributed by atoms with E-state index in [9.17, 15) is 0 Å². The van der Waals surface area contributed by atoms with Crippen molar-refractivity contribution in [1.82, 2.24) is 0 Å². The van der Waals surface area contributed by atoms with Crippen molar-refractivity contribution >= 4 is 0 Å². The van der Waals surface area contributed by atoms with Gasteiger partial charge >= 0.3 is 0 Å². The summed E-state index contributed by atoms with van der Waals surface area (Å²) in [6.07, 6.45) is 0. The molecule has 0 atom stereocenters. The van der Waals surface area contributed by atoms with Crippen molar-refractivity contribution in [2.45, 2.75) is 65.7 Å². The van der Waals surface area contributed by atoms with Crippen LogP contribution in [-0.4, -0.2) is 7.11 Å². The highest BCUT2D eigenvalue weighted by atomic mass is 16.5. The van der Waals surface area contributed by atoms with Crippen LogP contribution in [0.15, 0.2) is 12.1 Å². The van der Waals surface area contributed by atoms with Crippen molar-refractivity contribution in [3.05, 3.63) is 28.8 Å². The summed E-state index contributed by atoms with van der Waals surface area (Å²) in [6, 6.07) is 4.41. The molecule has 1 aromatic rings. The van der Waals surface area contributed by atoms with Gasteiger partial charge in [0, 0.05) is 0 Å². The lowest BCUT2D eigenvalue weighted by molar-refractivity contribution is 0.412. The first-order chi connectivity index (χ1) is 8.18. The van der Waals surface area contributed by atoms with E-state index in [0.29, 0.717) is 11.8 Å². The van der Waals surface area contributed by atoms with Crippen molar-refractivity contribution in [1.29, 1.82) is 0 Å². The first-order valence-corrected chi connectivity index (χ1v) is 6.90. The summed E-state index contributed by atoms with van der Waals surface area (Å²) >= 11 is 0. The molecule has 0 bridgehead atoms. The molecule has 0 aromatic heterocycles. The van der Waals surface area contributed by atoms with E-state index in [1.54, 1.807) is 7.11 Å². The van der Waals surface area contributed by atoms with Crippen LogP contribution >= 0.6 is 0 Å². The molecule has 0 N–H and O–H groups in total. The molecule has 1 rings (SSSR count). The summed E-state index contributed by atoms with van der Waals surface area (Å²) in [6.45, 7) is 15.9. The van der Waals surface area contributed by atoms with Crippen LogP contribution < -0.4 is 4.74 Å². The first kappa shape index (κ1) is 15.1. The Morgan fingerprint density at radius 2 is 1.28 bits per heavy atom. The monoisotopic (exact) mass is 248 g/mol. The van der Waals surface area contributed by atoms with E-state index in [4.69, 9.17) is 4.74 Å². The van der Waals surface area contributed by atoms with Crippen molar-refractivity contribution in [2.24, 2.45) is 0 Å². The molecule has 0 radical (unpaired) electrons. The smallest absolute Gasteiger partial charge is 0.119 e. The van der Waals surface area contributed by atoms with Gasteiger partial charge in [0.2, 0.25) is 0 Å². The number of hydrogen-bond acceptors (Lipinski definition) is 1. The molecule has 0 saturated carbocycles. The second-order valence-corrected chi connectivity index (χ2v) is 6.74. The Hall–Kier alpha value is -0.980. The molecule has 0 aliphatic rings. The minimum absolute atomic E-state index is 0.172. The van der Waals surface area contributed by atoms with E-state index in [1.807, 2.05) is 0 Å². The van der Waals surface area contributed by atoms with Gasteiger partial charge in [-0.3, -0.25) is 0 Å². The summed E-state index contributed by atoms with van der Waals surface area (Å²) in [5.74, 6) is 2.02. The molecule has 0 amide bonds. The molecule has 0 saturated heterocycles. The van der Waals surface area contributed by atoms with Crippen molar-refractivity contribution in [3.63, 3.8) is 0 Å². The molecule has 18 heavy (non-hydrogen) atoms. The average molecular weight is 248 g/mol. The molecule has 1 aromatic carbocycles. The largest absolute Gasteiger partial charge is 0.497 e. The van der Waals surface area contributed by atoms with Gasteiger partial charge in [-0.05, 0) is 46.1 Å². The maximum absolute atomic E-state index is 5.46. The van der Waals surface area contributed by atoms with E-state index in [1.165, 1.54) is 16.7 Å². The molecule has 0 unspecified atom stereocenters. The van der Waals surface area contributed by atoms with E-state index in [-0.39, 0.29) is 5.41 Å². The fourth-order valence-electron chi connectivity index (χ4n) is 2.55. The third kappa shape index (κ3) is 3.07. The van der Waals surface area contributed by atoms with Gasteiger partial charge in [-0.15, -0.1) is 0 Å². The van der Waals surface area contributed by atoms with Gasteiger partial charge in [-0.1, -0.05) is 48.5 Å². The second-order valence-electron chi connectivity index (χ2n) is 6.74. The van der Waals surface area contributed by atoms with Crippen LogP contribution in [0.1, 0.15) is 77.0 Å². The molecular weight excluding hydrogens is 220 g/mol. The number of rotatable bonds is 3. The summed E-state index contributed by atoms with van der Waals surface area (Å²) < 4.78 is 5.46. The fourth-order valence-corrected chi connectivity index (χ4v) is 2.55. The fraction of sp³-hybridized carbons (Fsp3) is 0.647. The number of benzene rings is 1. The van der Waals surface area contributed by atoms with E-state index in [2.05, 4.69) is 60.6 Å². The Balaban J connectivity index is 3.61. The topological polar surface area (TPSA) is 9.23 Å². The number of ether oxygens (including phenoxy) is 1. The predicted molar refractivity (Wildman–Crippen MR) is 79.9 cm³/mol. The van der Waals surface area contributed by atoms with Crippen molar-refractivity contribution in [2.75, 3.05) is 7.11 Å². The Labute approximate surface area is 113 Å². The third-order valence-corrected chi connectivity index (χ3v) is 3.40. The SMILES string of the molecule is COc1cc(C(C)C)c(C(C)(C)C)c(C(C)C)c1. The highest BCUT2D eigenvalue weighted by molar-refractivity contribution is 5.48. The number of hydrogen-bond donors (Lipinski definition) is 0. The second kappa shape index (κ2) is 5.34. The molecular formula is C17H28O. The first-order valence-electron chi connectivity index (χ1n) is 6.90. The third-order valence-electron chi connectivity index (χ3n) is 3.40. The summed E-state index contributed by atoms with van der Waals surface area (Å²) in [7, 11) is 1.75. The lowest BCUT2D eigenvalue weighted by Crippen LogP contribution is -2.19. The minimum atomic E-state index is 0.172. The van der Waals surface area contributed by atoms with Crippen LogP contribution in [0.5, 0.6) is 5.75 Å². The average Bonchev–Trinajstić information content (AvgIpc) is 2.25. The summed E-state index contributed by atoms with van der Waals surface area (Å²) in [5.41, 5.74) is 4.51. The van der Waals surface area contributed by atoms with E-state index < -0.39 is 0 Å². The Kier molecular flexibility index (Phi) is 4.47. The molecule has 0 heterocycles. The van der Waals surface area contributed by atoms with Gasteiger partial charge in [0.25, 0.3) is 0 Å². The Bertz CT molecular complexity index is 379. The predicted octanol–water partition coefficient (Wildman–Crippen LogP) is 5.24. The molecule has 0 aliphatic carbocycles. The van der Waals surface area contributed by atoms with Gasteiger partial charge < -0.3 is 4.74 Å². The Morgan fingerprint density at radius 3 is 1.50 bits per heavy atom. The van der Waals surface area contributed by atoms with Crippen LogP contribution in [0.25, 0.3) is 0 Å². The normalized spacial score (nSPS) is 12.3. The number of methoxy groups -OCH3 is 1. The standard InChI is InChI=1S/C17H28O/c1-11(2)14-9-13(18-8)10-15(12(3)4)16(14)17(5,6)7/h9-12H,1-8H3. The maximum Gasteiger partial charge on any atom is 0.119 e.